The molecule has 2 rings (SSSR count). The van der Waals surface area contributed by atoms with Crippen molar-refractivity contribution in [1.82, 2.24) is 10.3 Å². The van der Waals surface area contributed by atoms with Crippen LogP contribution in [-0.4, -0.2) is 17.6 Å². The average Bonchev–Trinajstić information content (AvgIpc) is 2.60. The van der Waals surface area contributed by atoms with Gasteiger partial charge in [0.2, 0.25) is 0 Å². The third-order valence-corrected chi connectivity index (χ3v) is 2.57. The lowest BCUT2D eigenvalue weighted by Crippen LogP contribution is -2.23. The van der Waals surface area contributed by atoms with Crippen LogP contribution in [0.3, 0.4) is 0 Å². The van der Waals surface area contributed by atoms with E-state index >= 15 is 0 Å². The highest BCUT2D eigenvalue weighted by atomic mass is 32.1. The van der Waals surface area contributed by atoms with Gasteiger partial charge in [0.25, 0.3) is 0 Å². The van der Waals surface area contributed by atoms with Gasteiger partial charge < -0.3 is 5.32 Å². The zero-order chi connectivity index (χ0) is 7.52. The predicted molar refractivity (Wildman–Crippen MR) is 46.7 cm³/mol. The van der Waals surface area contributed by atoms with Crippen molar-refractivity contribution >= 4 is 11.3 Å². The van der Waals surface area contributed by atoms with Crippen LogP contribution in [0.15, 0.2) is 23.9 Å². The summed E-state index contributed by atoms with van der Waals surface area (Å²) in [5, 5.41) is 3.36. The second-order valence-electron chi connectivity index (χ2n) is 2.61. The molecule has 1 aromatic rings. The Morgan fingerprint density at radius 1 is 1.73 bits per heavy atom. The van der Waals surface area contributed by atoms with E-state index in [0.717, 1.165) is 13.0 Å². The van der Waals surface area contributed by atoms with Gasteiger partial charge >= 0.3 is 0 Å². The molecule has 0 saturated carbocycles. The van der Waals surface area contributed by atoms with E-state index in [1.807, 2.05) is 11.7 Å². The van der Waals surface area contributed by atoms with Crippen molar-refractivity contribution in [2.45, 2.75) is 12.5 Å². The zero-order valence-corrected chi connectivity index (χ0v) is 6.97. The number of hydrogen-bond acceptors (Lipinski definition) is 3. The zero-order valence-electron chi connectivity index (χ0n) is 6.16. The Morgan fingerprint density at radius 3 is 3.36 bits per heavy atom. The van der Waals surface area contributed by atoms with Crippen LogP contribution >= 0.6 is 11.3 Å². The Balaban J connectivity index is 1.95. The van der Waals surface area contributed by atoms with E-state index in [1.54, 1.807) is 11.3 Å². The topological polar surface area (TPSA) is 24.9 Å². The van der Waals surface area contributed by atoms with E-state index < -0.39 is 0 Å². The monoisotopic (exact) mass is 166 g/mol. The minimum atomic E-state index is 0.537. The number of nitrogens with zero attached hydrogens (tertiary/aromatic N) is 1. The van der Waals surface area contributed by atoms with Gasteiger partial charge in [-0.1, -0.05) is 12.2 Å². The minimum absolute atomic E-state index is 0.537. The van der Waals surface area contributed by atoms with Gasteiger partial charge in [0, 0.05) is 30.1 Å². The van der Waals surface area contributed by atoms with Crippen molar-refractivity contribution in [1.29, 1.82) is 0 Å². The number of thiazole rings is 1. The molecule has 2 nitrogen and oxygen atoms in total. The fourth-order valence-electron chi connectivity index (χ4n) is 1.22. The van der Waals surface area contributed by atoms with Crippen molar-refractivity contribution in [2.75, 3.05) is 6.54 Å². The molecule has 0 fully saturated rings. The lowest BCUT2D eigenvalue weighted by molar-refractivity contribution is 0.670. The van der Waals surface area contributed by atoms with Gasteiger partial charge in [0.15, 0.2) is 0 Å². The normalized spacial score (nSPS) is 22.7. The summed E-state index contributed by atoms with van der Waals surface area (Å²) < 4.78 is 0. The summed E-state index contributed by atoms with van der Waals surface area (Å²) in [4.78, 5) is 5.39. The van der Waals surface area contributed by atoms with Crippen molar-refractivity contribution < 1.29 is 0 Å². The maximum absolute atomic E-state index is 4.03. The van der Waals surface area contributed by atoms with E-state index in [0.29, 0.717) is 6.04 Å². The second kappa shape index (κ2) is 3.15. The fraction of sp³-hybridized carbons (Fsp3) is 0.375. The average molecular weight is 166 g/mol. The van der Waals surface area contributed by atoms with Gasteiger partial charge in [-0.15, -0.1) is 11.3 Å². The smallest absolute Gasteiger partial charge is 0.0794 e. The molecular weight excluding hydrogens is 156 g/mol. The molecule has 1 N–H and O–H groups in total. The summed E-state index contributed by atoms with van der Waals surface area (Å²) in [6.07, 6.45) is 7.42. The van der Waals surface area contributed by atoms with Crippen LogP contribution in [0.25, 0.3) is 0 Å². The Labute approximate surface area is 70.0 Å². The highest BCUT2D eigenvalue weighted by molar-refractivity contribution is 7.09. The van der Waals surface area contributed by atoms with Gasteiger partial charge in [-0.25, -0.2) is 0 Å². The van der Waals surface area contributed by atoms with E-state index in [9.17, 15) is 0 Å². The van der Waals surface area contributed by atoms with E-state index in [-0.39, 0.29) is 0 Å². The van der Waals surface area contributed by atoms with Crippen LogP contribution in [0.5, 0.6) is 0 Å². The van der Waals surface area contributed by atoms with Crippen LogP contribution in [-0.2, 0) is 6.42 Å². The molecule has 0 bridgehead atoms. The fourth-order valence-corrected chi connectivity index (χ4v) is 1.87. The molecular formula is C8H10N2S. The summed E-state index contributed by atoms with van der Waals surface area (Å²) >= 11 is 1.72. The Bertz CT molecular complexity index is 241. The van der Waals surface area contributed by atoms with Crippen molar-refractivity contribution in [3.8, 4) is 0 Å². The molecule has 0 radical (unpaired) electrons. The number of rotatable bonds is 2. The maximum atomic E-state index is 4.03. The molecule has 0 aliphatic carbocycles. The standard InChI is InChI=1S/C8H10N2S/c1-2-7(10-3-1)4-8-5-9-6-11-8/h1-2,5-7,10H,3-4H2. The molecule has 1 unspecified atom stereocenters. The van der Waals surface area contributed by atoms with E-state index in [1.165, 1.54) is 4.88 Å². The number of nitrogens with one attached hydrogen (secondary N) is 1. The minimum Gasteiger partial charge on any atom is -0.307 e. The summed E-state index contributed by atoms with van der Waals surface area (Å²) in [7, 11) is 0. The third-order valence-electron chi connectivity index (χ3n) is 1.77. The Kier molecular flexibility index (Phi) is 2.01. The first-order valence-electron chi connectivity index (χ1n) is 3.72. The quantitative estimate of drug-likeness (QED) is 0.668. The first kappa shape index (κ1) is 7.00. The molecule has 1 aromatic heterocycles. The lowest BCUT2D eigenvalue weighted by Gasteiger charge is -2.05. The molecule has 1 aliphatic rings. The molecule has 2 heterocycles. The third kappa shape index (κ3) is 1.67. The molecule has 0 spiro atoms. The second-order valence-corrected chi connectivity index (χ2v) is 3.59. The van der Waals surface area contributed by atoms with Crippen LogP contribution in [0.4, 0.5) is 0 Å². The van der Waals surface area contributed by atoms with Gasteiger partial charge in [-0.05, 0) is 0 Å². The first-order valence-corrected chi connectivity index (χ1v) is 4.60. The van der Waals surface area contributed by atoms with Crippen LogP contribution in [0.2, 0.25) is 0 Å². The van der Waals surface area contributed by atoms with Crippen LogP contribution < -0.4 is 5.32 Å². The molecule has 0 amide bonds. The molecule has 11 heavy (non-hydrogen) atoms. The van der Waals surface area contributed by atoms with Crippen molar-refractivity contribution in [3.63, 3.8) is 0 Å². The highest BCUT2D eigenvalue weighted by Crippen LogP contribution is 2.10. The maximum Gasteiger partial charge on any atom is 0.0794 e. The summed E-state index contributed by atoms with van der Waals surface area (Å²) in [6, 6.07) is 0.537. The number of aromatic nitrogens is 1. The Morgan fingerprint density at radius 2 is 2.73 bits per heavy atom. The molecule has 1 atom stereocenters. The summed E-state index contributed by atoms with van der Waals surface area (Å²) in [5.41, 5.74) is 1.88. The van der Waals surface area contributed by atoms with Crippen LogP contribution in [0, 0.1) is 0 Å². The van der Waals surface area contributed by atoms with Crippen molar-refractivity contribution in [2.24, 2.45) is 0 Å². The summed E-state index contributed by atoms with van der Waals surface area (Å²) in [5.74, 6) is 0. The van der Waals surface area contributed by atoms with Gasteiger partial charge in [0.1, 0.15) is 0 Å². The molecule has 58 valence electrons. The highest BCUT2D eigenvalue weighted by Gasteiger charge is 2.08. The molecule has 1 aliphatic heterocycles. The summed E-state index contributed by atoms with van der Waals surface area (Å²) in [6.45, 7) is 1.02. The van der Waals surface area contributed by atoms with Crippen LogP contribution in [0.1, 0.15) is 4.88 Å². The predicted octanol–water partition coefficient (Wildman–Crippen LogP) is 1.21. The number of hydrogen-bond donors (Lipinski definition) is 1. The van der Waals surface area contributed by atoms with Gasteiger partial charge in [-0.2, -0.15) is 0 Å². The van der Waals surface area contributed by atoms with E-state index in [2.05, 4.69) is 22.5 Å². The first-order chi connectivity index (χ1) is 5.45. The Hall–Kier alpha value is -0.670. The molecule has 3 heteroatoms. The van der Waals surface area contributed by atoms with E-state index in [4.69, 9.17) is 0 Å². The SMILES string of the molecule is C1=CC(Cc2cncs2)NC1. The molecule has 0 saturated heterocycles. The largest absolute Gasteiger partial charge is 0.307 e. The van der Waals surface area contributed by atoms with Gasteiger partial charge in [-0.3, -0.25) is 4.98 Å². The van der Waals surface area contributed by atoms with Gasteiger partial charge in [0.05, 0.1) is 5.51 Å². The lowest BCUT2D eigenvalue weighted by atomic mass is 10.2. The molecule has 0 aromatic carbocycles. The van der Waals surface area contributed by atoms with Crippen molar-refractivity contribution in [3.05, 3.63) is 28.7 Å².